The van der Waals surface area contributed by atoms with Gasteiger partial charge in [0.05, 0.1) is 20.4 Å². The second kappa shape index (κ2) is 7.92. The second-order valence-corrected chi connectivity index (χ2v) is 6.24. The third kappa shape index (κ3) is 4.43. The normalized spacial score (nSPS) is 10.9. The molecule has 136 valence electrons. The standard InChI is InChI=1S/C18H26N4O3/c1-10(2)12-7-14(23-5)15(24-6)8-13(12)25-16-9-20-18(21-11(3)4)22-17(16)19/h7-11H,1-6H3,(H3,19,20,21,22). The predicted molar refractivity (Wildman–Crippen MR) is 98.9 cm³/mol. The molecule has 0 aliphatic heterocycles. The maximum absolute atomic E-state index is 6.03. The molecule has 0 bridgehead atoms. The topological polar surface area (TPSA) is 91.5 Å². The first-order valence-electron chi connectivity index (χ1n) is 8.18. The molecule has 0 amide bonds. The molecule has 7 heteroatoms. The van der Waals surface area contributed by atoms with Gasteiger partial charge in [-0.1, -0.05) is 13.8 Å². The largest absolute Gasteiger partial charge is 0.493 e. The molecule has 0 unspecified atom stereocenters. The Bertz CT molecular complexity index is 733. The van der Waals surface area contributed by atoms with E-state index in [0.29, 0.717) is 28.9 Å². The number of ether oxygens (including phenoxy) is 3. The zero-order valence-corrected chi connectivity index (χ0v) is 15.6. The number of rotatable bonds is 7. The summed E-state index contributed by atoms with van der Waals surface area (Å²) in [5.74, 6) is 3.22. The zero-order valence-electron chi connectivity index (χ0n) is 15.6. The van der Waals surface area contributed by atoms with Crippen LogP contribution in [0.15, 0.2) is 18.3 Å². The van der Waals surface area contributed by atoms with Crippen molar-refractivity contribution in [3.63, 3.8) is 0 Å². The van der Waals surface area contributed by atoms with Crippen LogP contribution in [-0.4, -0.2) is 30.2 Å². The molecule has 3 N–H and O–H groups in total. The molecule has 0 aliphatic rings. The number of anilines is 2. The Kier molecular flexibility index (Phi) is 5.90. The smallest absolute Gasteiger partial charge is 0.225 e. The number of nitrogens with one attached hydrogen (secondary N) is 1. The van der Waals surface area contributed by atoms with E-state index in [1.807, 2.05) is 19.9 Å². The summed E-state index contributed by atoms with van der Waals surface area (Å²) in [5, 5.41) is 3.11. The van der Waals surface area contributed by atoms with E-state index in [-0.39, 0.29) is 17.8 Å². The van der Waals surface area contributed by atoms with Crippen LogP contribution in [0.2, 0.25) is 0 Å². The molecule has 2 rings (SSSR count). The van der Waals surface area contributed by atoms with E-state index in [0.717, 1.165) is 5.56 Å². The fraction of sp³-hybridized carbons (Fsp3) is 0.444. The van der Waals surface area contributed by atoms with E-state index in [4.69, 9.17) is 19.9 Å². The van der Waals surface area contributed by atoms with Gasteiger partial charge in [-0.2, -0.15) is 4.98 Å². The van der Waals surface area contributed by atoms with Crippen molar-refractivity contribution in [2.75, 3.05) is 25.3 Å². The molecule has 0 atom stereocenters. The molecule has 1 heterocycles. The van der Waals surface area contributed by atoms with Crippen molar-refractivity contribution in [1.82, 2.24) is 9.97 Å². The molecule has 0 radical (unpaired) electrons. The molecule has 0 aliphatic carbocycles. The number of benzene rings is 1. The fourth-order valence-electron chi connectivity index (χ4n) is 2.32. The first-order valence-corrected chi connectivity index (χ1v) is 8.18. The quantitative estimate of drug-likeness (QED) is 0.787. The van der Waals surface area contributed by atoms with Gasteiger partial charge in [0, 0.05) is 17.7 Å². The molecular weight excluding hydrogens is 320 g/mol. The van der Waals surface area contributed by atoms with Crippen LogP contribution in [0, 0.1) is 0 Å². The molecule has 7 nitrogen and oxygen atoms in total. The lowest BCUT2D eigenvalue weighted by molar-refractivity contribution is 0.350. The Balaban J connectivity index is 2.39. The minimum absolute atomic E-state index is 0.213. The summed E-state index contributed by atoms with van der Waals surface area (Å²) in [4.78, 5) is 8.48. The number of aromatic nitrogens is 2. The Labute approximate surface area is 148 Å². The van der Waals surface area contributed by atoms with Gasteiger partial charge in [-0.25, -0.2) is 4.98 Å². The van der Waals surface area contributed by atoms with Crippen molar-refractivity contribution in [3.05, 3.63) is 23.9 Å². The number of nitrogen functional groups attached to an aromatic ring is 1. The molecule has 1 aromatic heterocycles. The summed E-state index contributed by atoms with van der Waals surface area (Å²) in [6, 6.07) is 3.91. The van der Waals surface area contributed by atoms with Gasteiger partial charge in [-0.05, 0) is 25.8 Å². The number of hydrogen-bond acceptors (Lipinski definition) is 7. The Morgan fingerprint density at radius 2 is 1.60 bits per heavy atom. The number of nitrogens with two attached hydrogens (primary N) is 1. The highest BCUT2D eigenvalue weighted by atomic mass is 16.5. The maximum Gasteiger partial charge on any atom is 0.225 e. The van der Waals surface area contributed by atoms with Crippen molar-refractivity contribution >= 4 is 11.8 Å². The van der Waals surface area contributed by atoms with E-state index >= 15 is 0 Å². The lowest BCUT2D eigenvalue weighted by atomic mass is 10.0. The van der Waals surface area contributed by atoms with E-state index in [1.165, 1.54) is 0 Å². The molecular formula is C18H26N4O3. The molecule has 0 spiro atoms. The van der Waals surface area contributed by atoms with Crippen molar-refractivity contribution in [2.24, 2.45) is 0 Å². The van der Waals surface area contributed by atoms with Crippen molar-refractivity contribution < 1.29 is 14.2 Å². The van der Waals surface area contributed by atoms with Crippen LogP contribution < -0.4 is 25.3 Å². The SMILES string of the molecule is COc1cc(Oc2cnc(NC(C)C)nc2N)c(C(C)C)cc1OC. The molecule has 2 aromatic rings. The number of hydrogen-bond donors (Lipinski definition) is 2. The van der Waals surface area contributed by atoms with Crippen molar-refractivity contribution in [2.45, 2.75) is 39.7 Å². The summed E-state index contributed by atoms with van der Waals surface area (Å²) >= 11 is 0. The van der Waals surface area contributed by atoms with Crippen LogP contribution in [0.25, 0.3) is 0 Å². The lowest BCUT2D eigenvalue weighted by Gasteiger charge is -2.18. The third-order valence-electron chi connectivity index (χ3n) is 3.56. The van der Waals surface area contributed by atoms with Gasteiger partial charge in [0.25, 0.3) is 0 Å². The third-order valence-corrected chi connectivity index (χ3v) is 3.56. The molecule has 0 saturated carbocycles. The average molecular weight is 346 g/mol. The average Bonchev–Trinajstić information content (AvgIpc) is 2.56. The maximum atomic E-state index is 6.03. The Morgan fingerprint density at radius 1 is 0.960 bits per heavy atom. The summed E-state index contributed by atoms with van der Waals surface area (Å²) in [6.45, 7) is 8.15. The van der Waals surface area contributed by atoms with Crippen LogP contribution in [0.4, 0.5) is 11.8 Å². The highest BCUT2D eigenvalue weighted by Gasteiger charge is 2.17. The highest BCUT2D eigenvalue weighted by molar-refractivity contribution is 5.55. The van der Waals surface area contributed by atoms with Gasteiger partial charge >= 0.3 is 0 Å². The van der Waals surface area contributed by atoms with E-state index < -0.39 is 0 Å². The molecule has 0 saturated heterocycles. The lowest BCUT2D eigenvalue weighted by Crippen LogP contribution is -2.13. The molecule has 1 aromatic carbocycles. The van der Waals surface area contributed by atoms with Gasteiger partial charge in [0.1, 0.15) is 5.75 Å². The first-order chi connectivity index (χ1) is 11.8. The van der Waals surface area contributed by atoms with Crippen LogP contribution in [0.1, 0.15) is 39.2 Å². The van der Waals surface area contributed by atoms with Gasteiger partial charge < -0.3 is 25.3 Å². The predicted octanol–water partition coefficient (Wildman–Crippen LogP) is 3.81. The van der Waals surface area contributed by atoms with Crippen molar-refractivity contribution in [3.8, 4) is 23.0 Å². The molecule has 0 fully saturated rings. The van der Waals surface area contributed by atoms with Gasteiger partial charge in [-0.15, -0.1) is 0 Å². The van der Waals surface area contributed by atoms with Crippen LogP contribution in [-0.2, 0) is 0 Å². The van der Waals surface area contributed by atoms with E-state index in [2.05, 4.69) is 29.1 Å². The zero-order chi connectivity index (χ0) is 18.6. The minimum atomic E-state index is 0.213. The molecule has 25 heavy (non-hydrogen) atoms. The summed E-state index contributed by atoms with van der Waals surface area (Å²) in [7, 11) is 3.19. The monoisotopic (exact) mass is 346 g/mol. The summed E-state index contributed by atoms with van der Waals surface area (Å²) in [5.41, 5.74) is 7.00. The van der Waals surface area contributed by atoms with Crippen LogP contribution in [0.5, 0.6) is 23.0 Å². The summed E-state index contributed by atoms with van der Waals surface area (Å²) < 4.78 is 16.7. The van der Waals surface area contributed by atoms with Gasteiger partial charge in [-0.3, -0.25) is 0 Å². The van der Waals surface area contributed by atoms with Crippen LogP contribution >= 0.6 is 0 Å². The highest BCUT2D eigenvalue weighted by Crippen LogP contribution is 2.40. The van der Waals surface area contributed by atoms with Crippen molar-refractivity contribution in [1.29, 1.82) is 0 Å². The number of methoxy groups -OCH3 is 2. The first kappa shape index (κ1) is 18.6. The fourth-order valence-corrected chi connectivity index (χ4v) is 2.32. The van der Waals surface area contributed by atoms with Crippen LogP contribution in [0.3, 0.4) is 0 Å². The second-order valence-electron chi connectivity index (χ2n) is 6.24. The Morgan fingerprint density at radius 3 is 2.12 bits per heavy atom. The van der Waals surface area contributed by atoms with Gasteiger partial charge in [0.2, 0.25) is 5.95 Å². The van der Waals surface area contributed by atoms with E-state index in [9.17, 15) is 0 Å². The Hall–Kier alpha value is -2.70. The van der Waals surface area contributed by atoms with E-state index in [1.54, 1.807) is 26.5 Å². The minimum Gasteiger partial charge on any atom is -0.493 e. The van der Waals surface area contributed by atoms with Gasteiger partial charge in [0.15, 0.2) is 23.1 Å². The summed E-state index contributed by atoms with van der Waals surface area (Å²) in [6.07, 6.45) is 1.56. The number of nitrogens with zero attached hydrogens (tertiary/aromatic N) is 2.